The third kappa shape index (κ3) is 3.39. The van der Waals surface area contributed by atoms with Gasteiger partial charge in [0.05, 0.1) is 5.92 Å². The topological polar surface area (TPSA) is 32.3 Å². The lowest BCUT2D eigenvalue weighted by molar-refractivity contribution is -0.126. The van der Waals surface area contributed by atoms with Gasteiger partial charge in [-0.1, -0.05) is 0 Å². The van der Waals surface area contributed by atoms with Crippen molar-refractivity contribution in [3.05, 3.63) is 0 Å². The average Bonchev–Trinajstić information content (AvgIpc) is 2.18. The van der Waals surface area contributed by atoms with Crippen LogP contribution in [0.1, 0.15) is 19.3 Å². The molecule has 0 bridgehead atoms. The Labute approximate surface area is 85.9 Å². The van der Waals surface area contributed by atoms with Gasteiger partial charge in [0.15, 0.2) is 0 Å². The van der Waals surface area contributed by atoms with Gasteiger partial charge in [0.2, 0.25) is 5.91 Å². The molecule has 3 nitrogen and oxygen atoms in total. The second-order valence-corrected chi connectivity index (χ2v) is 3.85. The second-order valence-electron chi connectivity index (χ2n) is 3.85. The van der Waals surface area contributed by atoms with Gasteiger partial charge in [0, 0.05) is 19.5 Å². The van der Waals surface area contributed by atoms with Gasteiger partial charge in [0.25, 0.3) is 0 Å². The fourth-order valence-electron chi connectivity index (χ4n) is 1.78. The van der Waals surface area contributed by atoms with E-state index in [1.807, 2.05) is 0 Å². The minimum atomic E-state index is 0.159. The quantitative estimate of drug-likeness (QED) is 0.523. The molecule has 0 aromatic heterocycles. The zero-order valence-electron chi connectivity index (χ0n) is 8.75. The maximum atomic E-state index is 11.6. The van der Waals surface area contributed by atoms with Crippen LogP contribution in [0.3, 0.4) is 0 Å². The van der Waals surface area contributed by atoms with Crippen molar-refractivity contribution in [1.29, 1.82) is 0 Å². The van der Waals surface area contributed by atoms with Crippen molar-refractivity contribution in [2.75, 3.05) is 26.7 Å². The molecule has 14 heavy (non-hydrogen) atoms. The second kappa shape index (κ2) is 5.66. The lowest BCUT2D eigenvalue weighted by Crippen LogP contribution is -2.41. The normalized spacial score (nSPS) is 22.7. The number of terminal acetylenes is 1. The molecule has 0 aromatic rings. The van der Waals surface area contributed by atoms with E-state index in [9.17, 15) is 4.79 Å². The van der Waals surface area contributed by atoms with Gasteiger partial charge in [-0.15, -0.1) is 12.3 Å². The van der Waals surface area contributed by atoms with Crippen LogP contribution in [0, 0.1) is 18.3 Å². The third-order valence-corrected chi connectivity index (χ3v) is 2.56. The highest BCUT2D eigenvalue weighted by molar-refractivity contribution is 5.78. The van der Waals surface area contributed by atoms with Crippen molar-refractivity contribution >= 4 is 5.91 Å². The summed E-state index contributed by atoms with van der Waals surface area (Å²) >= 11 is 0. The van der Waals surface area contributed by atoms with Crippen molar-refractivity contribution in [3.8, 4) is 12.3 Å². The molecule has 0 spiro atoms. The number of piperidine rings is 1. The predicted molar refractivity (Wildman–Crippen MR) is 56.7 cm³/mol. The van der Waals surface area contributed by atoms with E-state index in [2.05, 4.69) is 23.2 Å². The molecular formula is C11H18N2O. The van der Waals surface area contributed by atoms with Gasteiger partial charge in [-0.2, -0.15) is 0 Å². The largest absolute Gasteiger partial charge is 0.355 e. The number of hydrogen-bond acceptors (Lipinski definition) is 2. The number of rotatable bonds is 3. The number of carbonyl (C=O) groups is 1. The Hall–Kier alpha value is -1.01. The maximum absolute atomic E-state index is 11.6. The van der Waals surface area contributed by atoms with Crippen LogP contribution in [-0.4, -0.2) is 37.5 Å². The van der Waals surface area contributed by atoms with Gasteiger partial charge in [-0.3, -0.25) is 4.79 Å². The summed E-state index contributed by atoms with van der Waals surface area (Å²) in [5.41, 5.74) is 0. The lowest BCUT2D eigenvalue weighted by atomic mass is 9.98. The lowest BCUT2D eigenvalue weighted by Gasteiger charge is -2.28. The summed E-state index contributed by atoms with van der Waals surface area (Å²) in [5, 5.41) is 2.87. The maximum Gasteiger partial charge on any atom is 0.224 e. The summed E-state index contributed by atoms with van der Waals surface area (Å²) in [6.07, 6.45) is 7.85. The minimum Gasteiger partial charge on any atom is -0.355 e. The molecule has 1 rings (SSSR count). The van der Waals surface area contributed by atoms with Crippen LogP contribution in [-0.2, 0) is 4.79 Å². The van der Waals surface area contributed by atoms with Crippen molar-refractivity contribution in [3.63, 3.8) is 0 Å². The number of hydrogen-bond donors (Lipinski definition) is 1. The van der Waals surface area contributed by atoms with Crippen molar-refractivity contribution in [2.24, 2.45) is 5.92 Å². The van der Waals surface area contributed by atoms with Crippen LogP contribution >= 0.6 is 0 Å². The van der Waals surface area contributed by atoms with E-state index < -0.39 is 0 Å². The first-order valence-corrected chi connectivity index (χ1v) is 5.13. The Morgan fingerprint density at radius 3 is 3.14 bits per heavy atom. The Morgan fingerprint density at radius 2 is 2.50 bits per heavy atom. The van der Waals surface area contributed by atoms with Crippen LogP contribution in [0.2, 0.25) is 0 Å². The highest BCUT2D eigenvalue weighted by atomic mass is 16.1. The fraction of sp³-hybridized carbons (Fsp3) is 0.727. The van der Waals surface area contributed by atoms with Gasteiger partial charge in [0.1, 0.15) is 0 Å². The molecule has 1 unspecified atom stereocenters. The van der Waals surface area contributed by atoms with E-state index in [-0.39, 0.29) is 11.8 Å². The van der Waals surface area contributed by atoms with E-state index in [1.165, 1.54) is 0 Å². The van der Waals surface area contributed by atoms with Gasteiger partial charge in [-0.05, 0) is 26.4 Å². The smallest absolute Gasteiger partial charge is 0.224 e. The summed E-state index contributed by atoms with van der Waals surface area (Å²) in [5.74, 6) is 2.83. The predicted octanol–water partition coefficient (Wildman–Crippen LogP) is 0.468. The SMILES string of the molecule is C#CCCNC(=O)C1CCCN(C)C1. The average molecular weight is 194 g/mol. The van der Waals surface area contributed by atoms with E-state index in [1.54, 1.807) is 0 Å². The van der Waals surface area contributed by atoms with Gasteiger partial charge in [-0.25, -0.2) is 0 Å². The highest BCUT2D eigenvalue weighted by Gasteiger charge is 2.23. The van der Waals surface area contributed by atoms with Crippen molar-refractivity contribution < 1.29 is 4.79 Å². The Morgan fingerprint density at radius 1 is 1.71 bits per heavy atom. The molecule has 0 radical (unpaired) electrons. The molecule has 1 N–H and O–H groups in total. The molecule has 0 saturated carbocycles. The number of carbonyl (C=O) groups excluding carboxylic acids is 1. The zero-order valence-corrected chi connectivity index (χ0v) is 8.75. The number of likely N-dealkylation sites (tertiary alicyclic amines) is 1. The van der Waals surface area contributed by atoms with Gasteiger partial charge >= 0.3 is 0 Å². The zero-order chi connectivity index (χ0) is 10.4. The van der Waals surface area contributed by atoms with Crippen LogP contribution in [0.4, 0.5) is 0 Å². The van der Waals surface area contributed by atoms with Crippen LogP contribution in [0.5, 0.6) is 0 Å². The number of amides is 1. The van der Waals surface area contributed by atoms with E-state index in [0.29, 0.717) is 13.0 Å². The molecule has 1 aliphatic heterocycles. The first-order valence-electron chi connectivity index (χ1n) is 5.13. The molecule has 3 heteroatoms. The first-order chi connectivity index (χ1) is 6.74. The van der Waals surface area contributed by atoms with Crippen molar-refractivity contribution in [1.82, 2.24) is 10.2 Å². The number of nitrogens with zero attached hydrogens (tertiary/aromatic N) is 1. The van der Waals surface area contributed by atoms with E-state index in [4.69, 9.17) is 6.42 Å². The molecule has 1 aliphatic rings. The summed E-state index contributed by atoms with van der Waals surface area (Å²) in [6, 6.07) is 0. The van der Waals surface area contributed by atoms with Gasteiger partial charge < -0.3 is 10.2 Å². The highest BCUT2D eigenvalue weighted by Crippen LogP contribution is 2.14. The molecule has 0 aliphatic carbocycles. The molecule has 0 aromatic carbocycles. The molecule has 1 atom stereocenters. The Bertz CT molecular complexity index is 232. The first kappa shape index (κ1) is 11.1. The fourth-order valence-corrected chi connectivity index (χ4v) is 1.78. The minimum absolute atomic E-state index is 0.159. The molecule has 1 saturated heterocycles. The summed E-state index contributed by atoms with van der Waals surface area (Å²) in [7, 11) is 2.06. The van der Waals surface area contributed by atoms with E-state index >= 15 is 0 Å². The summed E-state index contributed by atoms with van der Waals surface area (Å²) in [4.78, 5) is 13.8. The van der Waals surface area contributed by atoms with Crippen molar-refractivity contribution in [2.45, 2.75) is 19.3 Å². The molecule has 1 amide bonds. The summed E-state index contributed by atoms with van der Waals surface area (Å²) < 4.78 is 0. The standard InChI is InChI=1S/C11H18N2O/c1-3-4-7-12-11(14)10-6-5-8-13(2)9-10/h1,10H,4-9H2,2H3,(H,12,14). The molecule has 78 valence electrons. The summed E-state index contributed by atoms with van der Waals surface area (Å²) in [6.45, 7) is 2.59. The molecular weight excluding hydrogens is 176 g/mol. The van der Waals surface area contributed by atoms with E-state index in [0.717, 1.165) is 25.9 Å². The Kier molecular flexibility index (Phi) is 4.48. The van der Waals surface area contributed by atoms with Crippen LogP contribution in [0.15, 0.2) is 0 Å². The molecule has 1 heterocycles. The number of nitrogens with one attached hydrogen (secondary N) is 1. The monoisotopic (exact) mass is 194 g/mol. The van der Waals surface area contributed by atoms with Crippen LogP contribution < -0.4 is 5.32 Å². The third-order valence-electron chi connectivity index (χ3n) is 2.56. The van der Waals surface area contributed by atoms with Crippen LogP contribution in [0.25, 0.3) is 0 Å². The Balaban J connectivity index is 2.26. The molecule has 1 fully saturated rings.